The molecule has 0 aliphatic heterocycles. The normalized spacial score (nSPS) is 12.5. The Balaban J connectivity index is 2.36. The van der Waals surface area contributed by atoms with Gasteiger partial charge in [-0.1, -0.05) is 0 Å². The van der Waals surface area contributed by atoms with Crippen molar-refractivity contribution in [2.75, 3.05) is 0 Å². The fourth-order valence-corrected chi connectivity index (χ4v) is 1.13. The molecule has 0 radical (unpaired) electrons. The van der Waals surface area contributed by atoms with E-state index in [1.54, 1.807) is 6.26 Å². The summed E-state index contributed by atoms with van der Waals surface area (Å²) >= 11 is 0. The highest BCUT2D eigenvalue weighted by atomic mass is 16.3. The van der Waals surface area contributed by atoms with Crippen LogP contribution in [0.3, 0.4) is 0 Å². The van der Waals surface area contributed by atoms with Gasteiger partial charge >= 0.3 is 0 Å². The lowest BCUT2D eigenvalue weighted by Crippen LogP contribution is -2.31. The maximum absolute atomic E-state index is 10.6. The lowest BCUT2D eigenvalue weighted by Gasteiger charge is -2.09. The number of rotatable bonds is 3. The SMILES string of the molecule is CC(=O)N[C@@H](C)Cc1ccco1. The van der Waals surface area contributed by atoms with Gasteiger partial charge in [-0.3, -0.25) is 4.79 Å². The maximum Gasteiger partial charge on any atom is 0.217 e. The number of amides is 1. The number of furan rings is 1. The monoisotopic (exact) mass is 167 g/mol. The molecular weight excluding hydrogens is 154 g/mol. The molecule has 1 heterocycles. The van der Waals surface area contributed by atoms with Gasteiger partial charge in [-0.05, 0) is 19.1 Å². The largest absolute Gasteiger partial charge is 0.469 e. The number of carbonyl (C=O) groups excluding carboxylic acids is 1. The van der Waals surface area contributed by atoms with Crippen LogP contribution in [0, 0.1) is 0 Å². The van der Waals surface area contributed by atoms with Crippen LogP contribution in [0.5, 0.6) is 0 Å². The molecule has 3 heteroatoms. The van der Waals surface area contributed by atoms with Crippen LogP contribution in [0.1, 0.15) is 19.6 Å². The Morgan fingerprint density at radius 1 is 1.75 bits per heavy atom. The third kappa shape index (κ3) is 2.78. The predicted molar refractivity (Wildman–Crippen MR) is 45.7 cm³/mol. The van der Waals surface area contributed by atoms with Crippen LogP contribution in [-0.4, -0.2) is 11.9 Å². The summed E-state index contributed by atoms with van der Waals surface area (Å²) in [5, 5.41) is 2.78. The zero-order valence-corrected chi connectivity index (χ0v) is 7.33. The fraction of sp³-hybridized carbons (Fsp3) is 0.444. The quantitative estimate of drug-likeness (QED) is 0.738. The molecule has 0 spiro atoms. The van der Waals surface area contributed by atoms with E-state index in [1.165, 1.54) is 6.92 Å². The van der Waals surface area contributed by atoms with E-state index in [0.29, 0.717) is 0 Å². The molecule has 1 aromatic heterocycles. The van der Waals surface area contributed by atoms with Crippen molar-refractivity contribution in [3.63, 3.8) is 0 Å². The second kappa shape index (κ2) is 3.95. The van der Waals surface area contributed by atoms with E-state index in [-0.39, 0.29) is 11.9 Å². The lowest BCUT2D eigenvalue weighted by molar-refractivity contribution is -0.119. The van der Waals surface area contributed by atoms with E-state index in [9.17, 15) is 4.79 Å². The predicted octanol–water partition coefficient (Wildman–Crippen LogP) is 1.35. The van der Waals surface area contributed by atoms with Gasteiger partial charge in [0.1, 0.15) is 5.76 Å². The van der Waals surface area contributed by atoms with E-state index in [4.69, 9.17) is 4.42 Å². The van der Waals surface area contributed by atoms with Crippen LogP contribution in [0.4, 0.5) is 0 Å². The molecule has 0 aromatic carbocycles. The summed E-state index contributed by atoms with van der Waals surface area (Å²) in [7, 11) is 0. The summed E-state index contributed by atoms with van der Waals surface area (Å²) in [6.45, 7) is 3.46. The maximum atomic E-state index is 10.6. The molecule has 66 valence electrons. The second-order valence-corrected chi connectivity index (χ2v) is 2.89. The van der Waals surface area contributed by atoms with Crippen molar-refractivity contribution in [1.82, 2.24) is 5.32 Å². The smallest absolute Gasteiger partial charge is 0.217 e. The first-order valence-corrected chi connectivity index (χ1v) is 3.98. The van der Waals surface area contributed by atoms with Gasteiger partial charge < -0.3 is 9.73 Å². The summed E-state index contributed by atoms with van der Waals surface area (Å²) in [5.41, 5.74) is 0. The van der Waals surface area contributed by atoms with Crippen LogP contribution in [-0.2, 0) is 11.2 Å². The molecule has 12 heavy (non-hydrogen) atoms. The molecule has 1 N–H and O–H groups in total. The van der Waals surface area contributed by atoms with Gasteiger partial charge in [0.15, 0.2) is 0 Å². The van der Waals surface area contributed by atoms with Crippen molar-refractivity contribution in [1.29, 1.82) is 0 Å². The summed E-state index contributed by atoms with van der Waals surface area (Å²) < 4.78 is 5.13. The molecule has 1 aromatic rings. The Kier molecular flexibility index (Phi) is 2.91. The molecule has 0 fully saturated rings. The van der Waals surface area contributed by atoms with Crippen LogP contribution in [0.25, 0.3) is 0 Å². The third-order valence-electron chi connectivity index (χ3n) is 1.54. The van der Waals surface area contributed by atoms with Gasteiger partial charge in [-0.25, -0.2) is 0 Å². The first-order chi connectivity index (χ1) is 5.68. The van der Waals surface area contributed by atoms with Gasteiger partial charge in [0.25, 0.3) is 0 Å². The average molecular weight is 167 g/mol. The Labute approximate surface area is 71.8 Å². The van der Waals surface area contributed by atoms with Crippen molar-refractivity contribution in [2.24, 2.45) is 0 Å². The highest BCUT2D eigenvalue weighted by molar-refractivity contribution is 5.73. The second-order valence-electron chi connectivity index (χ2n) is 2.89. The summed E-state index contributed by atoms with van der Waals surface area (Å²) in [5.74, 6) is 0.894. The molecule has 1 amide bonds. The van der Waals surface area contributed by atoms with Gasteiger partial charge in [0.2, 0.25) is 5.91 Å². The molecule has 0 unspecified atom stereocenters. The molecule has 1 rings (SSSR count). The minimum absolute atomic E-state index is 0.00550. The molecule has 0 saturated heterocycles. The summed E-state index contributed by atoms with van der Waals surface area (Å²) in [6.07, 6.45) is 2.38. The van der Waals surface area contributed by atoms with Crippen LogP contribution >= 0.6 is 0 Å². The average Bonchev–Trinajstić information content (AvgIpc) is 2.37. The zero-order valence-electron chi connectivity index (χ0n) is 7.33. The van der Waals surface area contributed by atoms with Gasteiger partial charge in [-0.2, -0.15) is 0 Å². The Hall–Kier alpha value is -1.25. The van der Waals surface area contributed by atoms with E-state index in [2.05, 4.69) is 5.32 Å². The molecule has 3 nitrogen and oxygen atoms in total. The minimum atomic E-state index is -0.00550. The van der Waals surface area contributed by atoms with Crippen LogP contribution in [0.15, 0.2) is 22.8 Å². The van der Waals surface area contributed by atoms with Crippen molar-refractivity contribution in [3.05, 3.63) is 24.2 Å². The van der Waals surface area contributed by atoms with Crippen molar-refractivity contribution >= 4 is 5.91 Å². The van der Waals surface area contributed by atoms with Crippen LogP contribution < -0.4 is 5.32 Å². The zero-order chi connectivity index (χ0) is 8.97. The van der Waals surface area contributed by atoms with E-state index < -0.39 is 0 Å². The molecule has 1 atom stereocenters. The highest BCUT2D eigenvalue weighted by Crippen LogP contribution is 2.03. The molecule has 0 aliphatic carbocycles. The topological polar surface area (TPSA) is 42.2 Å². The van der Waals surface area contributed by atoms with E-state index in [0.717, 1.165) is 12.2 Å². The fourth-order valence-electron chi connectivity index (χ4n) is 1.13. The van der Waals surface area contributed by atoms with Crippen molar-refractivity contribution in [2.45, 2.75) is 26.3 Å². The number of nitrogens with one attached hydrogen (secondary N) is 1. The van der Waals surface area contributed by atoms with Crippen molar-refractivity contribution < 1.29 is 9.21 Å². The summed E-state index contributed by atoms with van der Waals surface area (Å²) in [6, 6.07) is 3.88. The van der Waals surface area contributed by atoms with E-state index in [1.807, 2.05) is 19.1 Å². The van der Waals surface area contributed by atoms with Gasteiger partial charge in [0.05, 0.1) is 6.26 Å². The molecule has 0 saturated carbocycles. The lowest BCUT2D eigenvalue weighted by atomic mass is 10.2. The summed E-state index contributed by atoms with van der Waals surface area (Å²) in [4.78, 5) is 10.6. The van der Waals surface area contributed by atoms with Crippen molar-refractivity contribution in [3.8, 4) is 0 Å². The Bertz CT molecular complexity index is 241. The minimum Gasteiger partial charge on any atom is -0.469 e. The Morgan fingerprint density at radius 2 is 2.50 bits per heavy atom. The number of hydrogen-bond donors (Lipinski definition) is 1. The third-order valence-corrected chi connectivity index (χ3v) is 1.54. The first kappa shape index (κ1) is 8.84. The van der Waals surface area contributed by atoms with Gasteiger partial charge in [-0.15, -0.1) is 0 Å². The standard InChI is InChI=1S/C9H13NO2/c1-7(10-8(2)11)6-9-4-3-5-12-9/h3-5,7H,6H2,1-2H3,(H,10,11)/t7-/m0/s1. The van der Waals surface area contributed by atoms with Gasteiger partial charge in [0, 0.05) is 19.4 Å². The number of carbonyl (C=O) groups is 1. The molecular formula is C9H13NO2. The Morgan fingerprint density at radius 3 is 3.00 bits per heavy atom. The van der Waals surface area contributed by atoms with E-state index >= 15 is 0 Å². The molecule has 0 aliphatic rings. The molecule has 0 bridgehead atoms. The first-order valence-electron chi connectivity index (χ1n) is 3.98. The van der Waals surface area contributed by atoms with Crippen LogP contribution in [0.2, 0.25) is 0 Å². The number of hydrogen-bond acceptors (Lipinski definition) is 2. The highest BCUT2D eigenvalue weighted by Gasteiger charge is 2.05.